The van der Waals surface area contributed by atoms with Crippen molar-refractivity contribution in [2.45, 2.75) is 0 Å². The van der Waals surface area contributed by atoms with Gasteiger partial charge in [0.05, 0.1) is 10.2 Å². The molecule has 1 rings (SSSR count). The van der Waals surface area contributed by atoms with Gasteiger partial charge in [0.2, 0.25) is 0 Å². The topological polar surface area (TPSA) is 60.2 Å². The van der Waals surface area contributed by atoms with Gasteiger partial charge in [0.25, 0.3) is 5.69 Å². The first-order chi connectivity index (χ1) is 6.32. The van der Waals surface area contributed by atoms with Crippen LogP contribution in [-0.4, -0.2) is 18.3 Å². The van der Waals surface area contributed by atoms with Crippen LogP contribution < -0.4 is 5.30 Å². The first kappa shape index (κ1) is 11.4. The molecule has 0 N–H and O–H groups in total. The zero-order chi connectivity index (χ0) is 10.9. The highest BCUT2D eigenvalue weighted by Crippen LogP contribution is 2.38. The fraction of sp³-hybridized carbons (Fsp3) is 0.250. The molecule has 1 aromatic carbocycles. The summed E-state index contributed by atoms with van der Waals surface area (Å²) in [7, 11) is -2.59. The van der Waals surface area contributed by atoms with Gasteiger partial charge in [-0.15, -0.1) is 0 Å². The number of hydrogen-bond acceptors (Lipinski definition) is 3. The molecule has 0 fully saturated rings. The molecular weight excluding hydrogens is 269 g/mol. The van der Waals surface area contributed by atoms with Gasteiger partial charge in [-0.3, -0.25) is 10.1 Å². The number of halogens is 1. The Morgan fingerprint density at radius 2 is 2.00 bits per heavy atom. The summed E-state index contributed by atoms with van der Waals surface area (Å²) in [6, 6.07) is 4.56. The lowest BCUT2D eigenvalue weighted by Gasteiger charge is -2.07. The van der Waals surface area contributed by atoms with Gasteiger partial charge < -0.3 is 4.57 Å². The fourth-order valence-corrected chi connectivity index (χ4v) is 2.58. The zero-order valence-corrected chi connectivity index (χ0v) is 10.2. The zero-order valence-electron chi connectivity index (χ0n) is 7.73. The Morgan fingerprint density at radius 1 is 1.43 bits per heavy atom. The van der Waals surface area contributed by atoms with Crippen molar-refractivity contribution in [1.82, 2.24) is 0 Å². The molecule has 0 amide bonds. The minimum absolute atomic E-state index is 0.0901. The molecule has 0 bridgehead atoms. The summed E-state index contributed by atoms with van der Waals surface area (Å²) < 4.78 is 12.3. The Labute approximate surface area is 90.0 Å². The van der Waals surface area contributed by atoms with Crippen LogP contribution in [-0.2, 0) is 4.57 Å². The summed E-state index contributed by atoms with van der Waals surface area (Å²) in [6.45, 7) is 3.03. The van der Waals surface area contributed by atoms with E-state index in [1.54, 1.807) is 6.07 Å². The summed E-state index contributed by atoms with van der Waals surface area (Å²) in [6.07, 6.45) is 0. The Morgan fingerprint density at radius 3 is 2.43 bits per heavy atom. The molecule has 0 aromatic heterocycles. The van der Waals surface area contributed by atoms with E-state index in [-0.39, 0.29) is 5.69 Å². The molecule has 76 valence electrons. The van der Waals surface area contributed by atoms with Crippen molar-refractivity contribution in [3.8, 4) is 0 Å². The van der Waals surface area contributed by atoms with E-state index in [2.05, 4.69) is 15.9 Å². The minimum Gasteiger partial charge on any atom is -0.319 e. The predicted molar refractivity (Wildman–Crippen MR) is 59.9 cm³/mol. The van der Waals surface area contributed by atoms with E-state index in [1.165, 1.54) is 25.5 Å². The highest BCUT2D eigenvalue weighted by molar-refractivity contribution is 9.10. The second kappa shape index (κ2) is 3.83. The van der Waals surface area contributed by atoms with E-state index >= 15 is 0 Å². The van der Waals surface area contributed by atoms with E-state index in [0.717, 1.165) is 0 Å². The molecular formula is C8H9BrNO3P. The average molecular weight is 278 g/mol. The lowest BCUT2D eigenvalue weighted by Crippen LogP contribution is -2.09. The van der Waals surface area contributed by atoms with Crippen molar-refractivity contribution in [2.24, 2.45) is 0 Å². The molecule has 0 heterocycles. The van der Waals surface area contributed by atoms with Crippen LogP contribution in [0.25, 0.3) is 0 Å². The Bertz CT molecular complexity index is 427. The van der Waals surface area contributed by atoms with E-state index in [4.69, 9.17) is 0 Å². The molecule has 0 spiro atoms. The van der Waals surface area contributed by atoms with Crippen molar-refractivity contribution < 1.29 is 9.49 Å². The van der Waals surface area contributed by atoms with Gasteiger partial charge in [0.15, 0.2) is 0 Å². The number of nitro benzene ring substituents is 1. The largest absolute Gasteiger partial charge is 0.319 e. The van der Waals surface area contributed by atoms with Crippen LogP contribution in [0.4, 0.5) is 5.69 Å². The molecule has 0 radical (unpaired) electrons. The first-order valence-corrected chi connectivity index (χ1v) is 7.21. The fourth-order valence-electron chi connectivity index (χ4n) is 1.10. The van der Waals surface area contributed by atoms with Crippen LogP contribution in [0.2, 0.25) is 0 Å². The third kappa shape index (κ3) is 2.42. The van der Waals surface area contributed by atoms with Crippen LogP contribution in [0.1, 0.15) is 0 Å². The van der Waals surface area contributed by atoms with Gasteiger partial charge in [0.1, 0.15) is 7.14 Å². The quantitative estimate of drug-likeness (QED) is 0.474. The molecule has 0 saturated carbocycles. The molecule has 0 atom stereocenters. The third-order valence-electron chi connectivity index (χ3n) is 1.71. The van der Waals surface area contributed by atoms with Crippen LogP contribution in [0.5, 0.6) is 0 Å². The number of hydrogen-bond donors (Lipinski definition) is 0. The second-order valence-electron chi connectivity index (χ2n) is 3.24. The molecule has 0 aliphatic rings. The number of nitrogens with zero attached hydrogens (tertiary/aromatic N) is 1. The van der Waals surface area contributed by atoms with Crippen LogP contribution in [0.3, 0.4) is 0 Å². The minimum atomic E-state index is -2.59. The summed E-state index contributed by atoms with van der Waals surface area (Å²) in [5, 5.41) is 11.0. The van der Waals surface area contributed by atoms with Crippen LogP contribution in [0, 0.1) is 10.1 Å². The number of nitro groups is 1. The molecule has 0 saturated heterocycles. The summed E-state index contributed by atoms with van der Waals surface area (Å²) in [4.78, 5) is 10.2. The monoisotopic (exact) mass is 277 g/mol. The van der Waals surface area contributed by atoms with Gasteiger partial charge in [-0.2, -0.15) is 0 Å². The molecule has 4 nitrogen and oxygen atoms in total. The van der Waals surface area contributed by atoms with Gasteiger partial charge in [-0.1, -0.05) is 15.9 Å². The number of benzene rings is 1. The molecule has 1 aromatic rings. The Hall–Kier alpha value is -0.670. The standard InChI is InChI=1S/C8H9BrNO3P/c1-14(2,13)8-4-3-6(9)5-7(8)10(11)12/h3-5H,1-2H3. The lowest BCUT2D eigenvalue weighted by atomic mass is 10.3. The highest BCUT2D eigenvalue weighted by Gasteiger charge is 2.23. The van der Waals surface area contributed by atoms with E-state index in [0.29, 0.717) is 9.78 Å². The lowest BCUT2D eigenvalue weighted by molar-refractivity contribution is -0.383. The van der Waals surface area contributed by atoms with Crippen LogP contribution in [0.15, 0.2) is 22.7 Å². The van der Waals surface area contributed by atoms with Gasteiger partial charge >= 0.3 is 0 Å². The summed E-state index contributed by atoms with van der Waals surface area (Å²) in [5.74, 6) is 0. The summed E-state index contributed by atoms with van der Waals surface area (Å²) in [5.41, 5.74) is -0.0901. The van der Waals surface area contributed by atoms with Gasteiger partial charge in [-0.05, 0) is 25.5 Å². The van der Waals surface area contributed by atoms with E-state index < -0.39 is 12.1 Å². The first-order valence-electron chi connectivity index (χ1n) is 3.82. The average Bonchev–Trinajstić information content (AvgIpc) is 2.01. The maximum atomic E-state index is 11.7. The van der Waals surface area contributed by atoms with Crippen molar-refractivity contribution in [3.05, 3.63) is 32.8 Å². The maximum absolute atomic E-state index is 11.7. The molecule has 0 aliphatic carbocycles. The third-order valence-corrected chi connectivity index (χ3v) is 3.75. The molecule has 0 unspecified atom stereocenters. The van der Waals surface area contributed by atoms with E-state index in [1.807, 2.05) is 0 Å². The Balaban J connectivity index is 3.45. The van der Waals surface area contributed by atoms with Crippen molar-refractivity contribution in [1.29, 1.82) is 0 Å². The van der Waals surface area contributed by atoms with Crippen molar-refractivity contribution in [3.63, 3.8) is 0 Å². The van der Waals surface area contributed by atoms with Crippen molar-refractivity contribution in [2.75, 3.05) is 13.3 Å². The second-order valence-corrected chi connectivity index (χ2v) is 7.34. The smallest absolute Gasteiger partial charge is 0.281 e. The van der Waals surface area contributed by atoms with Crippen molar-refractivity contribution >= 4 is 34.1 Å². The van der Waals surface area contributed by atoms with E-state index in [9.17, 15) is 14.7 Å². The SMILES string of the molecule is CP(C)(=O)c1ccc(Br)cc1[N+](=O)[O-]. The molecule has 6 heteroatoms. The van der Waals surface area contributed by atoms with Gasteiger partial charge in [0, 0.05) is 10.5 Å². The van der Waals surface area contributed by atoms with Crippen LogP contribution >= 0.6 is 23.1 Å². The van der Waals surface area contributed by atoms with Gasteiger partial charge in [-0.25, -0.2) is 0 Å². The Kier molecular flexibility index (Phi) is 3.12. The molecule has 0 aliphatic heterocycles. The summed E-state index contributed by atoms with van der Waals surface area (Å²) >= 11 is 3.14. The molecule has 14 heavy (non-hydrogen) atoms. The predicted octanol–water partition coefficient (Wildman–Crippen LogP) is 2.61. The maximum Gasteiger partial charge on any atom is 0.281 e. The normalized spacial score (nSPS) is 11.4. The highest BCUT2D eigenvalue weighted by atomic mass is 79.9. The number of rotatable bonds is 2.